The highest BCUT2D eigenvalue weighted by Gasteiger charge is 2.33. The second-order valence-corrected chi connectivity index (χ2v) is 9.34. The molecule has 0 saturated carbocycles. The van der Waals surface area contributed by atoms with Crippen LogP contribution in [0.25, 0.3) is 10.9 Å². The van der Waals surface area contributed by atoms with Crippen LogP contribution in [0.2, 0.25) is 5.02 Å². The number of fused-ring (bicyclic) bond motifs is 1. The van der Waals surface area contributed by atoms with Crippen LogP contribution in [0, 0.1) is 0 Å². The number of aryl methyl sites for hydroxylation is 1. The summed E-state index contributed by atoms with van der Waals surface area (Å²) in [5.41, 5.74) is 2.90. The molecule has 1 atom stereocenters. The molecule has 1 unspecified atom stereocenters. The first-order valence-electron chi connectivity index (χ1n) is 9.74. The molecule has 0 radical (unpaired) electrons. The number of allylic oxidation sites excluding steroid dienone is 3. The summed E-state index contributed by atoms with van der Waals surface area (Å²) in [6, 6.07) is 15.5. The lowest BCUT2D eigenvalue weighted by Gasteiger charge is -2.31. The molecule has 3 aromatic rings. The van der Waals surface area contributed by atoms with Crippen LogP contribution in [-0.2, 0) is 17.6 Å². The highest BCUT2D eigenvalue weighted by Crippen LogP contribution is 2.46. The number of aromatic nitrogens is 1. The summed E-state index contributed by atoms with van der Waals surface area (Å²) in [5.74, 6) is -1.10. The van der Waals surface area contributed by atoms with E-state index in [4.69, 9.17) is 16.7 Å². The van der Waals surface area contributed by atoms with Crippen LogP contribution >= 0.6 is 23.4 Å². The Kier molecular flexibility index (Phi) is 6.02. The highest BCUT2D eigenvalue weighted by atomic mass is 35.5. The molecule has 1 aliphatic carbocycles. The molecule has 2 aromatic carbocycles. The Morgan fingerprint density at radius 2 is 1.97 bits per heavy atom. The molecule has 2 N–H and O–H groups in total. The molecule has 0 spiro atoms. The predicted octanol–water partition coefficient (Wildman–Crippen LogP) is 6.73. The maximum atomic E-state index is 14.4. The van der Waals surface area contributed by atoms with Gasteiger partial charge in [0.05, 0.1) is 6.42 Å². The van der Waals surface area contributed by atoms with E-state index >= 15 is 0 Å². The average molecular weight is 442 g/mol. The summed E-state index contributed by atoms with van der Waals surface area (Å²) >= 11 is 7.64. The Morgan fingerprint density at radius 1 is 1.20 bits per heavy atom. The number of aromatic amines is 1. The van der Waals surface area contributed by atoms with E-state index in [-0.39, 0.29) is 12.2 Å². The summed E-state index contributed by atoms with van der Waals surface area (Å²) < 4.78 is 13.9. The predicted molar refractivity (Wildman–Crippen MR) is 121 cm³/mol. The SMILES string of the molecule is O=C(O)CCc1[nH]c2ccccc2c1SC1(Cc2ccc(Cl)cc2)C=C(F)C=CC1. The van der Waals surface area contributed by atoms with E-state index in [0.717, 1.165) is 27.1 Å². The molecule has 30 heavy (non-hydrogen) atoms. The lowest BCUT2D eigenvalue weighted by Crippen LogP contribution is -2.26. The summed E-state index contributed by atoms with van der Waals surface area (Å²) in [6.07, 6.45) is 6.79. The fourth-order valence-electron chi connectivity index (χ4n) is 3.81. The number of thioether (sulfide) groups is 1. The Hall–Kier alpha value is -2.50. The number of rotatable bonds is 7. The van der Waals surface area contributed by atoms with E-state index in [1.807, 2.05) is 54.6 Å². The number of hydrogen-bond acceptors (Lipinski definition) is 2. The molecular formula is C24H21ClFNO2S. The number of benzene rings is 2. The van der Waals surface area contributed by atoms with Crippen molar-refractivity contribution in [2.45, 2.75) is 35.3 Å². The van der Waals surface area contributed by atoms with Crippen molar-refractivity contribution >= 4 is 40.2 Å². The topological polar surface area (TPSA) is 53.1 Å². The van der Waals surface area contributed by atoms with Gasteiger partial charge in [0.1, 0.15) is 5.83 Å². The Morgan fingerprint density at radius 3 is 2.70 bits per heavy atom. The Balaban J connectivity index is 1.75. The van der Waals surface area contributed by atoms with E-state index in [2.05, 4.69) is 4.98 Å². The average Bonchev–Trinajstić information content (AvgIpc) is 3.05. The van der Waals surface area contributed by atoms with Crippen molar-refractivity contribution in [3.05, 3.63) is 88.9 Å². The third kappa shape index (κ3) is 4.63. The van der Waals surface area contributed by atoms with Gasteiger partial charge in [-0.15, -0.1) is 11.8 Å². The lowest BCUT2D eigenvalue weighted by atomic mass is 9.92. The summed E-state index contributed by atoms with van der Waals surface area (Å²) in [4.78, 5) is 15.5. The molecule has 3 nitrogen and oxygen atoms in total. The van der Waals surface area contributed by atoms with Crippen LogP contribution < -0.4 is 0 Å². The smallest absolute Gasteiger partial charge is 0.303 e. The zero-order valence-corrected chi connectivity index (χ0v) is 17.8. The highest BCUT2D eigenvalue weighted by molar-refractivity contribution is 8.01. The number of H-pyrrole nitrogens is 1. The van der Waals surface area contributed by atoms with Crippen LogP contribution in [-0.4, -0.2) is 20.8 Å². The van der Waals surface area contributed by atoms with Crippen molar-refractivity contribution in [3.8, 4) is 0 Å². The van der Waals surface area contributed by atoms with Crippen molar-refractivity contribution in [2.75, 3.05) is 0 Å². The number of halogens is 2. The van der Waals surface area contributed by atoms with Crippen LogP contribution in [0.5, 0.6) is 0 Å². The van der Waals surface area contributed by atoms with E-state index in [0.29, 0.717) is 24.3 Å². The Bertz CT molecular complexity index is 1140. The first-order chi connectivity index (χ1) is 14.4. The van der Waals surface area contributed by atoms with Gasteiger partial charge in [-0.1, -0.05) is 48.0 Å². The second-order valence-electron chi connectivity index (χ2n) is 7.48. The van der Waals surface area contributed by atoms with Gasteiger partial charge in [-0.05, 0) is 55.2 Å². The summed E-state index contributed by atoms with van der Waals surface area (Å²) in [6.45, 7) is 0. The van der Waals surface area contributed by atoms with Gasteiger partial charge in [0.25, 0.3) is 0 Å². The number of carboxylic acid groups (broad SMARTS) is 1. The third-order valence-electron chi connectivity index (χ3n) is 5.18. The molecule has 0 fully saturated rings. The molecule has 0 bridgehead atoms. The van der Waals surface area contributed by atoms with Gasteiger partial charge < -0.3 is 10.1 Å². The van der Waals surface area contributed by atoms with Crippen LogP contribution in [0.4, 0.5) is 4.39 Å². The number of aliphatic carboxylic acids is 1. The maximum Gasteiger partial charge on any atom is 0.303 e. The van der Waals surface area contributed by atoms with Gasteiger partial charge >= 0.3 is 5.97 Å². The third-order valence-corrected chi connectivity index (χ3v) is 6.94. The molecular weight excluding hydrogens is 421 g/mol. The summed E-state index contributed by atoms with van der Waals surface area (Å²) in [5, 5.41) is 10.9. The Labute approximate surface area is 183 Å². The molecule has 4 rings (SSSR count). The number of para-hydroxylation sites is 1. The first kappa shape index (κ1) is 20.8. The number of nitrogens with one attached hydrogen (secondary N) is 1. The molecule has 1 heterocycles. The largest absolute Gasteiger partial charge is 0.481 e. The standard InChI is InChI=1S/C24H21ClFNO2S/c25-17-9-7-16(8-10-17)14-24(13-3-4-18(26)15-24)30-23-19-5-1-2-6-20(19)27-21(23)11-12-22(28)29/h1-10,15,27H,11-14H2,(H,28,29). The molecule has 1 aromatic heterocycles. The fraction of sp³-hybridized carbons (Fsp3) is 0.208. The van der Waals surface area contributed by atoms with Crippen LogP contribution in [0.3, 0.4) is 0 Å². The quantitative estimate of drug-likeness (QED) is 0.427. The molecule has 154 valence electrons. The molecule has 6 heteroatoms. The molecule has 0 saturated heterocycles. The minimum absolute atomic E-state index is 0.0364. The van der Waals surface area contributed by atoms with Crippen molar-refractivity contribution in [2.24, 2.45) is 0 Å². The van der Waals surface area contributed by atoms with Gasteiger partial charge in [0.2, 0.25) is 0 Å². The van der Waals surface area contributed by atoms with Crippen molar-refractivity contribution in [3.63, 3.8) is 0 Å². The zero-order chi connectivity index (χ0) is 21.1. The first-order valence-corrected chi connectivity index (χ1v) is 10.9. The number of carbonyl (C=O) groups is 1. The zero-order valence-electron chi connectivity index (χ0n) is 16.2. The van der Waals surface area contributed by atoms with Crippen molar-refractivity contribution < 1.29 is 14.3 Å². The van der Waals surface area contributed by atoms with Crippen molar-refractivity contribution in [1.82, 2.24) is 4.98 Å². The minimum atomic E-state index is -0.841. The van der Waals surface area contributed by atoms with Crippen LogP contribution in [0.15, 0.2) is 77.5 Å². The molecule has 0 amide bonds. The summed E-state index contributed by atoms with van der Waals surface area (Å²) in [7, 11) is 0. The molecule has 1 aliphatic rings. The van der Waals surface area contributed by atoms with E-state index in [1.165, 1.54) is 6.08 Å². The normalized spacial score (nSPS) is 18.5. The van der Waals surface area contributed by atoms with Crippen molar-refractivity contribution in [1.29, 1.82) is 0 Å². The molecule has 0 aliphatic heterocycles. The minimum Gasteiger partial charge on any atom is -0.481 e. The monoisotopic (exact) mass is 441 g/mol. The van der Waals surface area contributed by atoms with E-state index in [9.17, 15) is 9.18 Å². The van der Waals surface area contributed by atoms with E-state index < -0.39 is 10.7 Å². The van der Waals surface area contributed by atoms with Gasteiger partial charge in [0, 0.05) is 31.3 Å². The van der Waals surface area contributed by atoms with Gasteiger partial charge in [-0.25, -0.2) is 4.39 Å². The van der Waals surface area contributed by atoms with Gasteiger partial charge in [0.15, 0.2) is 0 Å². The second kappa shape index (κ2) is 8.70. The maximum absolute atomic E-state index is 14.4. The fourth-order valence-corrected chi connectivity index (χ4v) is 5.49. The number of hydrogen-bond donors (Lipinski definition) is 2. The van der Waals surface area contributed by atoms with Crippen LogP contribution in [0.1, 0.15) is 24.1 Å². The lowest BCUT2D eigenvalue weighted by molar-refractivity contribution is -0.136. The van der Waals surface area contributed by atoms with E-state index in [1.54, 1.807) is 17.8 Å². The van der Waals surface area contributed by atoms with Gasteiger partial charge in [-0.3, -0.25) is 4.79 Å². The van der Waals surface area contributed by atoms with Gasteiger partial charge in [-0.2, -0.15) is 0 Å². The number of carboxylic acids is 1.